The van der Waals surface area contributed by atoms with Gasteiger partial charge >= 0.3 is 5.97 Å². The SMILES string of the molecule is C=CCSC(/C=C/c1ccccc1)(CC=C)C(=O)OC. The zero-order valence-electron chi connectivity index (χ0n) is 11.7. The van der Waals surface area contributed by atoms with Crippen molar-refractivity contribution >= 4 is 23.8 Å². The smallest absolute Gasteiger partial charge is 0.326 e. The number of esters is 1. The van der Waals surface area contributed by atoms with E-state index in [4.69, 9.17) is 4.74 Å². The Labute approximate surface area is 125 Å². The number of carbonyl (C=O) groups is 1. The van der Waals surface area contributed by atoms with Gasteiger partial charge in [0, 0.05) is 5.75 Å². The van der Waals surface area contributed by atoms with Crippen LogP contribution in [0.1, 0.15) is 12.0 Å². The van der Waals surface area contributed by atoms with E-state index in [0.717, 1.165) is 5.56 Å². The summed E-state index contributed by atoms with van der Waals surface area (Å²) < 4.78 is 4.21. The second kappa shape index (κ2) is 8.43. The first-order chi connectivity index (χ1) is 9.68. The van der Waals surface area contributed by atoms with Crippen LogP contribution in [0.15, 0.2) is 61.7 Å². The van der Waals surface area contributed by atoms with Gasteiger partial charge in [-0.25, -0.2) is 0 Å². The van der Waals surface area contributed by atoms with Crippen LogP contribution in [0, 0.1) is 0 Å². The molecule has 0 radical (unpaired) electrons. The van der Waals surface area contributed by atoms with Crippen LogP contribution >= 0.6 is 11.8 Å². The minimum Gasteiger partial charge on any atom is -0.468 e. The molecule has 0 amide bonds. The first-order valence-electron chi connectivity index (χ1n) is 6.37. The Balaban J connectivity index is 3.06. The van der Waals surface area contributed by atoms with Gasteiger partial charge in [0.05, 0.1) is 7.11 Å². The minimum atomic E-state index is -0.749. The third kappa shape index (κ3) is 4.42. The lowest BCUT2D eigenvalue weighted by Crippen LogP contribution is -2.34. The van der Waals surface area contributed by atoms with Gasteiger partial charge in [-0.05, 0) is 12.0 Å². The van der Waals surface area contributed by atoms with Crippen LogP contribution in [0.5, 0.6) is 0 Å². The third-order valence-corrected chi connectivity index (χ3v) is 4.17. The Morgan fingerprint density at radius 1 is 1.30 bits per heavy atom. The number of rotatable bonds is 8. The molecule has 1 atom stereocenters. The van der Waals surface area contributed by atoms with E-state index in [-0.39, 0.29) is 5.97 Å². The molecule has 0 spiro atoms. The van der Waals surface area contributed by atoms with Crippen molar-refractivity contribution in [1.82, 2.24) is 0 Å². The number of allylic oxidation sites excluding steroid dienone is 1. The fourth-order valence-electron chi connectivity index (χ4n) is 1.78. The van der Waals surface area contributed by atoms with Crippen LogP contribution in [0.25, 0.3) is 6.08 Å². The lowest BCUT2D eigenvalue weighted by atomic mass is 10.0. The summed E-state index contributed by atoms with van der Waals surface area (Å²) in [6.45, 7) is 7.45. The predicted octanol–water partition coefficient (Wildman–Crippen LogP) is 4.11. The molecule has 0 saturated heterocycles. The van der Waals surface area contributed by atoms with Crippen LogP contribution in [0.4, 0.5) is 0 Å². The van der Waals surface area contributed by atoms with Crippen molar-refractivity contribution in [2.45, 2.75) is 11.2 Å². The van der Waals surface area contributed by atoms with E-state index in [1.807, 2.05) is 42.5 Å². The van der Waals surface area contributed by atoms with E-state index in [2.05, 4.69) is 13.2 Å². The van der Waals surface area contributed by atoms with E-state index in [0.29, 0.717) is 12.2 Å². The minimum absolute atomic E-state index is 0.267. The molecule has 1 unspecified atom stereocenters. The molecular formula is C17H20O2S. The Morgan fingerprint density at radius 2 is 2.00 bits per heavy atom. The number of hydrogen-bond acceptors (Lipinski definition) is 3. The summed E-state index contributed by atoms with van der Waals surface area (Å²) in [4.78, 5) is 12.2. The quantitative estimate of drug-likeness (QED) is 0.532. The number of thioether (sulfide) groups is 1. The van der Waals surface area contributed by atoms with Crippen LogP contribution in [0.2, 0.25) is 0 Å². The monoisotopic (exact) mass is 288 g/mol. The first kappa shape index (κ1) is 16.3. The highest BCUT2D eigenvalue weighted by Crippen LogP contribution is 2.33. The van der Waals surface area contributed by atoms with Crippen molar-refractivity contribution in [3.63, 3.8) is 0 Å². The molecule has 0 heterocycles. The summed E-state index contributed by atoms with van der Waals surface area (Å²) in [6, 6.07) is 9.87. The number of methoxy groups -OCH3 is 1. The molecule has 106 valence electrons. The molecule has 0 aliphatic carbocycles. The fraction of sp³-hybridized carbons (Fsp3) is 0.235. The normalized spacial score (nSPS) is 13.7. The van der Waals surface area contributed by atoms with Gasteiger partial charge in [0.25, 0.3) is 0 Å². The molecule has 0 fully saturated rings. The molecule has 0 bridgehead atoms. The highest BCUT2D eigenvalue weighted by Gasteiger charge is 2.36. The van der Waals surface area contributed by atoms with Crippen LogP contribution in [0.3, 0.4) is 0 Å². The number of carbonyl (C=O) groups excluding carboxylic acids is 1. The Kier molecular flexibility index (Phi) is 6.88. The Morgan fingerprint density at radius 3 is 2.55 bits per heavy atom. The summed E-state index contributed by atoms with van der Waals surface area (Å²) in [6.07, 6.45) is 7.87. The average molecular weight is 288 g/mol. The van der Waals surface area contributed by atoms with Gasteiger partial charge in [-0.3, -0.25) is 4.79 Å². The highest BCUT2D eigenvalue weighted by atomic mass is 32.2. The lowest BCUT2D eigenvalue weighted by Gasteiger charge is -2.25. The van der Waals surface area contributed by atoms with E-state index < -0.39 is 4.75 Å². The summed E-state index contributed by atoms with van der Waals surface area (Å²) in [5.74, 6) is 0.402. The van der Waals surface area contributed by atoms with Crippen LogP contribution in [-0.4, -0.2) is 23.6 Å². The molecule has 2 nitrogen and oxygen atoms in total. The molecule has 1 aromatic carbocycles. The third-order valence-electron chi connectivity index (χ3n) is 2.78. The summed E-state index contributed by atoms with van der Waals surface area (Å²) in [5.41, 5.74) is 1.05. The Hall–Kier alpha value is -1.74. The van der Waals surface area contributed by atoms with Gasteiger partial charge < -0.3 is 4.74 Å². The van der Waals surface area contributed by atoms with E-state index in [9.17, 15) is 4.79 Å². The number of ether oxygens (including phenoxy) is 1. The first-order valence-corrected chi connectivity index (χ1v) is 7.35. The van der Waals surface area contributed by atoms with E-state index in [1.165, 1.54) is 18.9 Å². The van der Waals surface area contributed by atoms with Crippen molar-refractivity contribution in [3.05, 3.63) is 67.3 Å². The number of hydrogen-bond donors (Lipinski definition) is 0. The van der Waals surface area contributed by atoms with Crippen molar-refractivity contribution in [2.24, 2.45) is 0 Å². The zero-order valence-corrected chi connectivity index (χ0v) is 12.6. The summed E-state index contributed by atoms with van der Waals surface area (Å²) in [7, 11) is 1.41. The molecule has 3 heteroatoms. The van der Waals surface area contributed by atoms with Crippen molar-refractivity contribution < 1.29 is 9.53 Å². The topological polar surface area (TPSA) is 26.3 Å². The maximum Gasteiger partial charge on any atom is 0.326 e. The summed E-state index contributed by atoms with van der Waals surface area (Å²) in [5, 5.41) is 0. The summed E-state index contributed by atoms with van der Waals surface area (Å²) >= 11 is 1.49. The van der Waals surface area contributed by atoms with Gasteiger partial charge in [0.1, 0.15) is 4.75 Å². The molecule has 0 aromatic heterocycles. The Bertz CT molecular complexity index is 479. The second-order valence-corrected chi connectivity index (χ2v) is 5.57. The molecule has 1 aromatic rings. The van der Waals surface area contributed by atoms with Crippen molar-refractivity contribution in [2.75, 3.05) is 12.9 Å². The standard InChI is InChI=1S/C17H20O2S/c1-4-12-17(16(18)19-3,20-14-5-2)13-11-15-9-7-6-8-10-15/h4-11,13H,1-2,12,14H2,3H3/b13-11+. The molecule has 1 rings (SSSR count). The van der Waals surface area contributed by atoms with Gasteiger partial charge in [-0.1, -0.05) is 54.6 Å². The van der Waals surface area contributed by atoms with Crippen LogP contribution in [-0.2, 0) is 9.53 Å². The predicted molar refractivity (Wildman–Crippen MR) is 87.7 cm³/mol. The molecule has 20 heavy (non-hydrogen) atoms. The fourth-order valence-corrected chi connectivity index (χ4v) is 2.79. The molecule has 0 aliphatic rings. The second-order valence-electron chi connectivity index (χ2n) is 4.22. The molecule has 0 saturated carbocycles. The molecule has 0 aliphatic heterocycles. The largest absolute Gasteiger partial charge is 0.468 e. The van der Waals surface area contributed by atoms with Crippen molar-refractivity contribution in [3.8, 4) is 0 Å². The number of benzene rings is 1. The van der Waals surface area contributed by atoms with Gasteiger partial charge in [-0.15, -0.1) is 24.9 Å². The maximum atomic E-state index is 12.2. The van der Waals surface area contributed by atoms with E-state index in [1.54, 1.807) is 12.2 Å². The molecular weight excluding hydrogens is 268 g/mol. The zero-order chi connectivity index (χ0) is 14.8. The maximum absolute atomic E-state index is 12.2. The molecule has 0 N–H and O–H groups in total. The average Bonchev–Trinajstić information content (AvgIpc) is 2.50. The van der Waals surface area contributed by atoms with Gasteiger partial charge in [0.15, 0.2) is 0 Å². The van der Waals surface area contributed by atoms with Gasteiger partial charge in [-0.2, -0.15) is 0 Å². The highest BCUT2D eigenvalue weighted by molar-refractivity contribution is 8.01. The van der Waals surface area contributed by atoms with Crippen molar-refractivity contribution in [1.29, 1.82) is 0 Å². The van der Waals surface area contributed by atoms with E-state index >= 15 is 0 Å². The van der Waals surface area contributed by atoms with Crippen LogP contribution < -0.4 is 0 Å². The lowest BCUT2D eigenvalue weighted by molar-refractivity contribution is -0.142. The van der Waals surface area contributed by atoms with Gasteiger partial charge in [0.2, 0.25) is 0 Å².